The second-order valence-electron chi connectivity index (χ2n) is 9.65. The van der Waals surface area contributed by atoms with E-state index in [1.54, 1.807) is 25.3 Å². The number of esters is 1. The van der Waals surface area contributed by atoms with E-state index in [4.69, 9.17) is 28.4 Å². The summed E-state index contributed by atoms with van der Waals surface area (Å²) in [5, 5.41) is 5.41. The van der Waals surface area contributed by atoms with Crippen LogP contribution in [0.4, 0.5) is 4.79 Å². The number of alkyl carbamates (subject to hydrolysis) is 1. The predicted octanol–water partition coefficient (Wildman–Crippen LogP) is 4.67. The minimum atomic E-state index is -0.859. The summed E-state index contributed by atoms with van der Waals surface area (Å²) in [4.78, 5) is 37.2. The Morgan fingerprint density at radius 2 is 1.52 bits per heavy atom. The summed E-state index contributed by atoms with van der Waals surface area (Å²) in [5.74, 6) is 0.584. The van der Waals surface area contributed by atoms with Gasteiger partial charge in [0, 0.05) is 12.1 Å². The molecule has 0 aliphatic rings. The molecule has 0 aliphatic heterocycles. The van der Waals surface area contributed by atoms with E-state index in [1.807, 2.05) is 54.6 Å². The van der Waals surface area contributed by atoms with Gasteiger partial charge in [-0.05, 0) is 60.7 Å². The Hall–Kier alpha value is -4.77. The first kappa shape index (κ1) is 33.7. The molecule has 3 aromatic carbocycles. The Kier molecular flexibility index (Phi) is 14.3. The maximum absolute atomic E-state index is 13.0. The van der Waals surface area contributed by atoms with Crippen LogP contribution in [-0.2, 0) is 32.2 Å². The topological polar surface area (TPSA) is 131 Å². The van der Waals surface area contributed by atoms with Crippen LogP contribution < -0.4 is 24.8 Å². The van der Waals surface area contributed by atoms with Gasteiger partial charge in [0.15, 0.2) is 11.5 Å². The van der Waals surface area contributed by atoms with E-state index in [1.165, 1.54) is 14.2 Å². The number of ether oxygens (including phenoxy) is 6. The van der Waals surface area contributed by atoms with Gasteiger partial charge in [-0.3, -0.25) is 4.79 Å². The fourth-order valence-corrected chi connectivity index (χ4v) is 4.12. The zero-order chi connectivity index (χ0) is 31.6. The Morgan fingerprint density at radius 1 is 0.773 bits per heavy atom. The largest absolute Gasteiger partial charge is 0.497 e. The third kappa shape index (κ3) is 11.5. The van der Waals surface area contributed by atoms with Gasteiger partial charge in [-0.1, -0.05) is 42.5 Å². The lowest BCUT2D eigenvalue weighted by Gasteiger charge is -2.17. The summed E-state index contributed by atoms with van der Waals surface area (Å²) >= 11 is 0. The molecule has 2 amide bonds. The number of unbranched alkanes of at least 4 members (excludes halogenated alkanes) is 1. The van der Waals surface area contributed by atoms with E-state index < -0.39 is 24.0 Å². The fourth-order valence-electron chi connectivity index (χ4n) is 4.12. The molecule has 44 heavy (non-hydrogen) atoms. The van der Waals surface area contributed by atoms with Gasteiger partial charge >= 0.3 is 12.1 Å². The maximum atomic E-state index is 13.0. The zero-order valence-electron chi connectivity index (χ0n) is 25.3. The van der Waals surface area contributed by atoms with Crippen molar-refractivity contribution in [3.63, 3.8) is 0 Å². The summed E-state index contributed by atoms with van der Waals surface area (Å²) in [6, 6.07) is 20.9. The first-order valence-corrected chi connectivity index (χ1v) is 14.3. The summed E-state index contributed by atoms with van der Waals surface area (Å²) in [6.45, 7) is 1.61. The van der Waals surface area contributed by atoms with Crippen molar-refractivity contribution < 1.29 is 42.8 Å². The van der Waals surface area contributed by atoms with Gasteiger partial charge in [-0.2, -0.15) is 0 Å². The van der Waals surface area contributed by atoms with Gasteiger partial charge < -0.3 is 39.1 Å². The molecule has 0 bridgehead atoms. The molecule has 0 saturated heterocycles. The minimum Gasteiger partial charge on any atom is -0.497 e. The highest BCUT2D eigenvalue weighted by Gasteiger charge is 2.22. The molecular formula is C33H40N2O9. The van der Waals surface area contributed by atoms with E-state index in [-0.39, 0.29) is 13.2 Å². The van der Waals surface area contributed by atoms with E-state index in [2.05, 4.69) is 10.6 Å². The molecule has 0 saturated carbocycles. The van der Waals surface area contributed by atoms with Crippen LogP contribution in [0.1, 0.15) is 40.7 Å². The molecule has 236 valence electrons. The van der Waals surface area contributed by atoms with Crippen molar-refractivity contribution >= 4 is 18.0 Å². The Balaban J connectivity index is 1.40. The van der Waals surface area contributed by atoms with E-state index in [0.29, 0.717) is 56.1 Å². The number of methoxy groups -OCH3 is 3. The predicted molar refractivity (Wildman–Crippen MR) is 163 cm³/mol. The number of amides is 2. The van der Waals surface area contributed by atoms with Crippen LogP contribution in [-0.4, -0.2) is 65.1 Å². The second-order valence-corrected chi connectivity index (χ2v) is 9.65. The average molecular weight is 609 g/mol. The normalized spacial score (nSPS) is 11.2. The maximum Gasteiger partial charge on any atom is 0.407 e. The van der Waals surface area contributed by atoms with Crippen molar-refractivity contribution in [3.8, 4) is 17.2 Å². The van der Waals surface area contributed by atoms with Crippen LogP contribution >= 0.6 is 0 Å². The molecule has 0 radical (unpaired) electrons. The van der Waals surface area contributed by atoms with E-state index >= 15 is 0 Å². The van der Waals surface area contributed by atoms with Crippen LogP contribution in [0.25, 0.3) is 0 Å². The first-order chi connectivity index (χ1) is 21.4. The van der Waals surface area contributed by atoms with Crippen molar-refractivity contribution in [1.82, 2.24) is 10.6 Å². The van der Waals surface area contributed by atoms with Gasteiger partial charge in [0.2, 0.25) is 0 Å². The fraction of sp³-hybridized carbons (Fsp3) is 0.364. The van der Waals surface area contributed by atoms with Crippen molar-refractivity contribution in [1.29, 1.82) is 0 Å². The van der Waals surface area contributed by atoms with Crippen molar-refractivity contribution in [2.45, 2.75) is 38.5 Å². The summed E-state index contributed by atoms with van der Waals surface area (Å²) in [5.41, 5.74) is 2.20. The molecule has 3 rings (SSSR count). The average Bonchev–Trinajstić information content (AvgIpc) is 3.06. The molecule has 11 nitrogen and oxygen atoms in total. The molecule has 2 N–H and O–H groups in total. The van der Waals surface area contributed by atoms with Crippen LogP contribution in [0.2, 0.25) is 0 Å². The summed E-state index contributed by atoms with van der Waals surface area (Å²) < 4.78 is 32.1. The Bertz CT molecular complexity index is 1320. The van der Waals surface area contributed by atoms with Gasteiger partial charge in [0.25, 0.3) is 5.91 Å². The lowest BCUT2D eigenvalue weighted by molar-refractivity contribution is -0.143. The molecule has 3 aromatic rings. The van der Waals surface area contributed by atoms with Crippen LogP contribution in [0.5, 0.6) is 17.2 Å². The molecular weight excluding hydrogens is 568 g/mol. The number of carbonyl (C=O) groups is 3. The van der Waals surface area contributed by atoms with Gasteiger partial charge in [-0.25, -0.2) is 9.59 Å². The van der Waals surface area contributed by atoms with Crippen molar-refractivity contribution in [2.75, 3.05) is 41.1 Å². The molecule has 0 aliphatic carbocycles. The third-order valence-corrected chi connectivity index (χ3v) is 6.53. The van der Waals surface area contributed by atoms with Crippen LogP contribution in [0.15, 0.2) is 72.8 Å². The minimum absolute atomic E-state index is 0.181. The Morgan fingerprint density at radius 3 is 2.23 bits per heavy atom. The van der Waals surface area contributed by atoms with Crippen LogP contribution in [0, 0.1) is 0 Å². The van der Waals surface area contributed by atoms with Crippen LogP contribution in [0.3, 0.4) is 0 Å². The standard InChI is InChI=1S/C33H40N2O9/c1-39-27-15-12-25(13-16-27)22-42-19-20-43-29-17-14-26(21-30(29)40-2)31(36)35-28(32(37)41-3)11-7-8-18-34-33(38)44-23-24-9-5-4-6-10-24/h4-6,9-10,12-17,21,28H,7-8,11,18-20,22-23H2,1-3H3,(H,34,38)(H,35,36). The quantitative estimate of drug-likeness (QED) is 0.156. The molecule has 0 heterocycles. The number of carbonyl (C=O) groups excluding carboxylic acids is 3. The SMILES string of the molecule is COC(=O)C(CCCCNC(=O)OCc1ccccc1)NC(=O)c1ccc(OCCOCc2ccc(OC)cc2)c(OC)c1. The number of hydrogen-bond acceptors (Lipinski definition) is 9. The monoisotopic (exact) mass is 608 g/mol. The number of nitrogens with one attached hydrogen (secondary N) is 2. The number of rotatable bonds is 18. The number of hydrogen-bond donors (Lipinski definition) is 2. The lowest BCUT2D eigenvalue weighted by Crippen LogP contribution is -2.41. The molecule has 0 fully saturated rings. The summed E-state index contributed by atoms with van der Waals surface area (Å²) in [6.07, 6.45) is 0.936. The highest BCUT2D eigenvalue weighted by atomic mass is 16.6. The highest BCUT2D eigenvalue weighted by molar-refractivity contribution is 5.97. The molecule has 0 spiro atoms. The smallest absolute Gasteiger partial charge is 0.407 e. The zero-order valence-corrected chi connectivity index (χ0v) is 25.3. The lowest BCUT2D eigenvalue weighted by atomic mass is 10.1. The second kappa shape index (κ2) is 18.7. The molecule has 0 aromatic heterocycles. The van der Waals surface area contributed by atoms with E-state index in [9.17, 15) is 14.4 Å². The summed E-state index contributed by atoms with van der Waals surface area (Å²) in [7, 11) is 4.36. The highest BCUT2D eigenvalue weighted by Crippen LogP contribution is 2.28. The molecule has 1 unspecified atom stereocenters. The third-order valence-electron chi connectivity index (χ3n) is 6.53. The first-order valence-electron chi connectivity index (χ1n) is 14.3. The molecule has 1 atom stereocenters. The van der Waals surface area contributed by atoms with Gasteiger partial charge in [0.05, 0.1) is 34.5 Å². The van der Waals surface area contributed by atoms with Gasteiger partial charge in [0.1, 0.15) is 25.0 Å². The van der Waals surface area contributed by atoms with Crippen molar-refractivity contribution in [2.24, 2.45) is 0 Å². The van der Waals surface area contributed by atoms with Gasteiger partial charge in [-0.15, -0.1) is 0 Å². The molecule has 11 heteroatoms. The number of benzene rings is 3. The van der Waals surface area contributed by atoms with Crippen molar-refractivity contribution in [3.05, 3.63) is 89.5 Å². The van der Waals surface area contributed by atoms with E-state index in [0.717, 1.165) is 16.9 Å². The Labute approximate surface area is 257 Å².